The molecule has 17 heavy (non-hydrogen) atoms. The van der Waals surface area contributed by atoms with Crippen molar-refractivity contribution in [3.63, 3.8) is 0 Å². The molecule has 2 aromatic rings. The smallest absolute Gasteiger partial charge is 0.433 e. The first-order valence-corrected chi connectivity index (χ1v) is 6.42. The van der Waals surface area contributed by atoms with Crippen molar-refractivity contribution in [3.8, 4) is 0 Å². The summed E-state index contributed by atoms with van der Waals surface area (Å²) in [6, 6.07) is 3.43. The molecule has 0 saturated heterocycles. The van der Waals surface area contributed by atoms with E-state index in [0.717, 1.165) is 6.07 Å². The van der Waals surface area contributed by atoms with E-state index in [-0.39, 0.29) is 5.58 Å². The van der Waals surface area contributed by atoms with Gasteiger partial charge in [0.1, 0.15) is 10.4 Å². The van der Waals surface area contributed by atoms with Gasteiger partial charge in [0.15, 0.2) is 5.58 Å². The topological polar surface area (TPSA) is 60.2 Å². The maximum absolute atomic E-state index is 12.3. The Morgan fingerprint density at radius 1 is 1.29 bits per heavy atom. The zero-order chi connectivity index (χ0) is 12.8. The number of halogens is 4. The first-order chi connectivity index (χ1) is 7.69. The molecule has 9 heteroatoms. The molecule has 0 bridgehead atoms. The van der Waals surface area contributed by atoms with Gasteiger partial charge in [-0.1, -0.05) is 6.07 Å². The summed E-state index contributed by atoms with van der Waals surface area (Å²) in [6.45, 7) is 0. The minimum Gasteiger partial charge on any atom is -0.433 e. The Morgan fingerprint density at radius 3 is 2.47 bits per heavy atom. The summed E-state index contributed by atoms with van der Waals surface area (Å²) >= 11 is 0. The van der Waals surface area contributed by atoms with Crippen LogP contribution < -0.4 is 0 Å². The van der Waals surface area contributed by atoms with Gasteiger partial charge in [-0.15, -0.1) is 0 Å². The Bertz CT molecular complexity index is 677. The van der Waals surface area contributed by atoms with E-state index < -0.39 is 31.5 Å². The molecule has 0 N–H and O–H groups in total. The molecule has 0 aliphatic carbocycles. The molecule has 1 heterocycles. The van der Waals surface area contributed by atoms with Crippen LogP contribution in [0.5, 0.6) is 0 Å². The lowest BCUT2D eigenvalue weighted by atomic mass is 10.3. The fourth-order valence-electron chi connectivity index (χ4n) is 1.24. The minimum atomic E-state index is -4.79. The van der Waals surface area contributed by atoms with Crippen LogP contribution in [0.3, 0.4) is 0 Å². The van der Waals surface area contributed by atoms with Crippen molar-refractivity contribution >= 4 is 30.8 Å². The third-order valence-electron chi connectivity index (χ3n) is 1.89. The highest BCUT2D eigenvalue weighted by molar-refractivity contribution is 8.14. The van der Waals surface area contributed by atoms with Crippen molar-refractivity contribution in [2.24, 2.45) is 0 Å². The molecule has 1 aromatic heterocycles. The molecular weight excluding hydrogens is 283 g/mol. The van der Waals surface area contributed by atoms with E-state index in [1.165, 1.54) is 12.1 Å². The van der Waals surface area contributed by atoms with Gasteiger partial charge < -0.3 is 4.42 Å². The maximum Gasteiger partial charge on any atom is 0.468 e. The number of alkyl halides is 3. The number of hydrogen-bond acceptors (Lipinski definition) is 4. The van der Waals surface area contributed by atoms with Gasteiger partial charge in [0.05, 0.1) is 0 Å². The number of benzene rings is 1. The van der Waals surface area contributed by atoms with Gasteiger partial charge in [-0.3, -0.25) is 0 Å². The van der Waals surface area contributed by atoms with Gasteiger partial charge >= 0.3 is 12.1 Å². The third kappa shape index (κ3) is 2.22. The predicted molar refractivity (Wildman–Crippen MR) is 52.0 cm³/mol. The maximum atomic E-state index is 12.3. The van der Waals surface area contributed by atoms with Crippen molar-refractivity contribution < 1.29 is 26.0 Å². The second-order valence-corrected chi connectivity index (χ2v) is 5.59. The van der Waals surface area contributed by atoms with Crippen LogP contribution in [-0.4, -0.2) is 13.4 Å². The SMILES string of the molecule is O=S(=O)(Cl)c1cccc2oc(C(F)(F)F)nc12. The van der Waals surface area contributed by atoms with Gasteiger partial charge in [0, 0.05) is 10.7 Å². The standard InChI is InChI=1S/C8H3ClF3NO3S/c9-17(14,15)5-3-1-2-4-6(5)13-7(16-4)8(10,11)12/h1-3H. The number of nitrogens with zero attached hydrogens (tertiary/aromatic N) is 1. The summed E-state index contributed by atoms with van der Waals surface area (Å²) in [4.78, 5) is 2.58. The van der Waals surface area contributed by atoms with Gasteiger partial charge in [0.2, 0.25) is 0 Å². The largest absolute Gasteiger partial charge is 0.468 e. The Morgan fingerprint density at radius 2 is 1.94 bits per heavy atom. The Hall–Kier alpha value is -1.28. The van der Waals surface area contributed by atoms with E-state index in [1.54, 1.807) is 0 Å². The molecule has 0 atom stereocenters. The van der Waals surface area contributed by atoms with E-state index in [9.17, 15) is 21.6 Å². The van der Waals surface area contributed by atoms with E-state index >= 15 is 0 Å². The molecule has 0 aliphatic heterocycles. The molecule has 2 rings (SSSR count). The molecule has 1 aromatic carbocycles. The van der Waals surface area contributed by atoms with Crippen molar-refractivity contribution in [1.29, 1.82) is 0 Å². The van der Waals surface area contributed by atoms with Crippen LogP contribution in [0.1, 0.15) is 5.89 Å². The number of rotatable bonds is 1. The van der Waals surface area contributed by atoms with E-state index in [2.05, 4.69) is 9.40 Å². The number of oxazole rings is 1. The Kier molecular flexibility index (Phi) is 2.58. The molecule has 0 saturated carbocycles. The van der Waals surface area contributed by atoms with Crippen LogP contribution in [0, 0.1) is 0 Å². The highest BCUT2D eigenvalue weighted by atomic mass is 35.7. The fourth-order valence-corrected chi connectivity index (χ4v) is 2.23. The van der Waals surface area contributed by atoms with E-state index in [4.69, 9.17) is 10.7 Å². The Labute approximate surface area is 97.4 Å². The first-order valence-electron chi connectivity index (χ1n) is 4.11. The van der Waals surface area contributed by atoms with Crippen LogP contribution in [0.2, 0.25) is 0 Å². The number of fused-ring (bicyclic) bond motifs is 1. The average molecular weight is 286 g/mol. The summed E-state index contributed by atoms with van der Waals surface area (Å²) < 4.78 is 63.6. The summed E-state index contributed by atoms with van der Waals surface area (Å²) in [5.41, 5.74) is -0.728. The van der Waals surface area contributed by atoms with E-state index in [0.29, 0.717) is 0 Å². The van der Waals surface area contributed by atoms with Crippen molar-refractivity contribution in [3.05, 3.63) is 24.1 Å². The number of aromatic nitrogens is 1. The quantitative estimate of drug-likeness (QED) is 0.756. The lowest BCUT2D eigenvalue weighted by molar-refractivity contribution is -0.156. The molecule has 92 valence electrons. The first kappa shape index (κ1) is 12.2. The van der Waals surface area contributed by atoms with Gasteiger partial charge in [0.25, 0.3) is 9.05 Å². The van der Waals surface area contributed by atoms with Crippen molar-refractivity contribution in [2.45, 2.75) is 11.1 Å². The van der Waals surface area contributed by atoms with Crippen LogP contribution in [0.4, 0.5) is 13.2 Å². The fraction of sp³-hybridized carbons (Fsp3) is 0.125. The number of hydrogen-bond donors (Lipinski definition) is 0. The van der Waals surface area contributed by atoms with Crippen LogP contribution in [0.15, 0.2) is 27.5 Å². The molecule has 0 fully saturated rings. The van der Waals surface area contributed by atoms with Crippen LogP contribution in [-0.2, 0) is 15.2 Å². The molecule has 4 nitrogen and oxygen atoms in total. The summed E-state index contributed by atoms with van der Waals surface area (Å²) in [6.07, 6.45) is -4.79. The highest BCUT2D eigenvalue weighted by Crippen LogP contribution is 2.33. The zero-order valence-electron chi connectivity index (χ0n) is 7.82. The lowest BCUT2D eigenvalue weighted by Crippen LogP contribution is -2.04. The molecule has 0 unspecified atom stereocenters. The molecule has 0 radical (unpaired) electrons. The summed E-state index contributed by atoms with van der Waals surface area (Å²) in [7, 11) is 0.891. The van der Waals surface area contributed by atoms with Crippen LogP contribution >= 0.6 is 10.7 Å². The van der Waals surface area contributed by atoms with Gasteiger partial charge in [-0.2, -0.15) is 13.2 Å². The van der Waals surface area contributed by atoms with Gasteiger partial charge in [-0.05, 0) is 12.1 Å². The van der Waals surface area contributed by atoms with Crippen LogP contribution in [0.25, 0.3) is 11.1 Å². The van der Waals surface area contributed by atoms with Gasteiger partial charge in [-0.25, -0.2) is 13.4 Å². The molecule has 0 amide bonds. The second kappa shape index (κ2) is 3.61. The lowest BCUT2D eigenvalue weighted by Gasteiger charge is -1.97. The minimum absolute atomic E-state index is 0.293. The molecular formula is C8H3ClF3NO3S. The highest BCUT2D eigenvalue weighted by Gasteiger charge is 2.38. The summed E-state index contributed by atoms with van der Waals surface area (Å²) in [5, 5.41) is 0. The third-order valence-corrected chi connectivity index (χ3v) is 3.24. The average Bonchev–Trinajstić information content (AvgIpc) is 2.57. The summed E-state index contributed by atoms with van der Waals surface area (Å²) in [5.74, 6) is -1.51. The second-order valence-electron chi connectivity index (χ2n) is 3.06. The predicted octanol–water partition coefficient (Wildman–Crippen LogP) is 2.77. The van der Waals surface area contributed by atoms with Crippen molar-refractivity contribution in [1.82, 2.24) is 4.98 Å². The molecule has 0 aliphatic rings. The Balaban J connectivity index is 2.79. The van der Waals surface area contributed by atoms with E-state index in [1.807, 2.05) is 0 Å². The van der Waals surface area contributed by atoms with Crippen molar-refractivity contribution in [2.75, 3.05) is 0 Å². The number of para-hydroxylation sites is 1. The molecule has 0 spiro atoms. The monoisotopic (exact) mass is 285 g/mol. The normalized spacial score (nSPS) is 13.2. The zero-order valence-corrected chi connectivity index (χ0v) is 9.40.